The topological polar surface area (TPSA) is 25.8 Å². The summed E-state index contributed by atoms with van der Waals surface area (Å²) >= 11 is 3.65. The molecular formula is C9H14N2S2. The van der Waals surface area contributed by atoms with Gasteiger partial charge in [0.05, 0.1) is 0 Å². The Morgan fingerprint density at radius 1 is 1.23 bits per heavy atom. The molecule has 1 saturated carbocycles. The van der Waals surface area contributed by atoms with Crippen molar-refractivity contribution in [1.29, 1.82) is 0 Å². The molecule has 4 heteroatoms. The van der Waals surface area contributed by atoms with Crippen LogP contribution in [0.3, 0.4) is 0 Å². The molecule has 0 spiro atoms. The number of hydrogen-bond donors (Lipinski definition) is 0. The van der Waals surface area contributed by atoms with Crippen molar-refractivity contribution in [3.8, 4) is 0 Å². The smallest absolute Gasteiger partial charge is 0.143 e. The van der Waals surface area contributed by atoms with Gasteiger partial charge in [0, 0.05) is 5.25 Å². The Morgan fingerprint density at radius 3 is 2.62 bits per heavy atom. The Hall–Kier alpha value is -0.0900. The van der Waals surface area contributed by atoms with Crippen LogP contribution in [-0.4, -0.2) is 15.4 Å². The first-order valence-corrected chi connectivity index (χ1v) is 6.51. The fourth-order valence-electron chi connectivity index (χ4n) is 1.65. The summed E-state index contributed by atoms with van der Waals surface area (Å²) in [6.07, 6.45) is 6.95. The predicted octanol–water partition coefficient (Wildman–Crippen LogP) is 3.27. The Labute approximate surface area is 87.2 Å². The molecule has 2 rings (SSSR count). The molecule has 72 valence electrons. The number of thioether (sulfide) groups is 1. The van der Waals surface area contributed by atoms with E-state index in [-0.39, 0.29) is 0 Å². The van der Waals surface area contributed by atoms with Gasteiger partial charge >= 0.3 is 0 Å². The summed E-state index contributed by atoms with van der Waals surface area (Å²) in [6, 6.07) is 0. The van der Waals surface area contributed by atoms with Gasteiger partial charge in [0.2, 0.25) is 0 Å². The zero-order chi connectivity index (χ0) is 9.10. The summed E-state index contributed by atoms with van der Waals surface area (Å²) in [5.74, 6) is 0. The van der Waals surface area contributed by atoms with E-state index >= 15 is 0 Å². The van der Waals surface area contributed by atoms with Crippen LogP contribution in [-0.2, 0) is 0 Å². The van der Waals surface area contributed by atoms with Gasteiger partial charge in [-0.25, -0.2) is 0 Å². The molecule has 0 aliphatic heterocycles. The largest absolute Gasteiger partial charge is 0.174 e. The Balaban J connectivity index is 1.89. The van der Waals surface area contributed by atoms with Gasteiger partial charge in [-0.15, -0.1) is 10.2 Å². The van der Waals surface area contributed by atoms with E-state index in [9.17, 15) is 0 Å². The molecule has 1 aromatic heterocycles. The average Bonchev–Trinajstić information content (AvgIpc) is 2.53. The van der Waals surface area contributed by atoms with Gasteiger partial charge in [-0.3, -0.25) is 0 Å². The maximum Gasteiger partial charge on any atom is 0.174 e. The summed E-state index contributed by atoms with van der Waals surface area (Å²) < 4.78 is 1.16. The number of nitrogens with zero attached hydrogens (tertiary/aromatic N) is 2. The second kappa shape index (κ2) is 4.42. The van der Waals surface area contributed by atoms with E-state index in [1.807, 2.05) is 18.7 Å². The molecule has 0 unspecified atom stereocenters. The Bertz CT molecular complexity index is 266. The molecule has 1 aliphatic carbocycles. The summed E-state index contributed by atoms with van der Waals surface area (Å²) in [5.41, 5.74) is 0. The molecule has 0 radical (unpaired) electrons. The summed E-state index contributed by atoms with van der Waals surface area (Å²) in [7, 11) is 0. The maximum atomic E-state index is 4.14. The van der Waals surface area contributed by atoms with Crippen molar-refractivity contribution in [3.63, 3.8) is 0 Å². The Morgan fingerprint density at radius 2 is 2.00 bits per heavy atom. The third-order valence-corrected chi connectivity index (χ3v) is 4.59. The number of hydrogen-bond acceptors (Lipinski definition) is 4. The third-order valence-electron chi connectivity index (χ3n) is 2.33. The van der Waals surface area contributed by atoms with Gasteiger partial charge in [-0.05, 0) is 19.8 Å². The van der Waals surface area contributed by atoms with Crippen LogP contribution in [0.2, 0.25) is 0 Å². The van der Waals surface area contributed by atoms with Gasteiger partial charge in [-0.2, -0.15) is 0 Å². The molecule has 0 saturated heterocycles. The average molecular weight is 214 g/mol. The normalized spacial score (nSPS) is 19.2. The highest BCUT2D eigenvalue weighted by molar-refractivity contribution is 8.01. The number of aryl methyl sites for hydroxylation is 1. The molecule has 13 heavy (non-hydrogen) atoms. The van der Waals surface area contributed by atoms with Crippen LogP contribution < -0.4 is 0 Å². The molecule has 1 aromatic rings. The molecular weight excluding hydrogens is 200 g/mol. The minimum Gasteiger partial charge on any atom is -0.143 e. The van der Waals surface area contributed by atoms with E-state index in [2.05, 4.69) is 10.2 Å². The van der Waals surface area contributed by atoms with Crippen LogP contribution in [0, 0.1) is 6.92 Å². The first-order valence-electron chi connectivity index (χ1n) is 4.81. The van der Waals surface area contributed by atoms with Crippen molar-refractivity contribution in [2.24, 2.45) is 0 Å². The minimum absolute atomic E-state index is 0.807. The quantitative estimate of drug-likeness (QED) is 0.755. The third kappa shape index (κ3) is 2.68. The van der Waals surface area contributed by atoms with E-state index in [4.69, 9.17) is 0 Å². The lowest BCUT2D eigenvalue weighted by Gasteiger charge is -2.19. The second-order valence-electron chi connectivity index (χ2n) is 3.46. The Kier molecular flexibility index (Phi) is 3.22. The summed E-state index contributed by atoms with van der Waals surface area (Å²) in [6.45, 7) is 2.02. The van der Waals surface area contributed by atoms with Crippen molar-refractivity contribution < 1.29 is 0 Å². The lowest BCUT2D eigenvalue weighted by atomic mass is 10.0. The zero-order valence-electron chi connectivity index (χ0n) is 7.82. The van der Waals surface area contributed by atoms with Crippen LogP contribution in [0.5, 0.6) is 0 Å². The van der Waals surface area contributed by atoms with Crippen LogP contribution in [0.4, 0.5) is 0 Å². The fourth-order valence-corrected chi connectivity index (χ4v) is 3.97. The standard InChI is InChI=1S/C9H14N2S2/c1-7-10-11-9(12-7)13-8-5-3-2-4-6-8/h8H,2-6H2,1H3. The van der Waals surface area contributed by atoms with Crippen molar-refractivity contribution in [2.45, 2.75) is 48.6 Å². The molecule has 1 aliphatic rings. The van der Waals surface area contributed by atoms with Gasteiger partial charge in [-0.1, -0.05) is 42.4 Å². The van der Waals surface area contributed by atoms with Gasteiger partial charge in [0.15, 0.2) is 4.34 Å². The molecule has 0 N–H and O–H groups in total. The van der Waals surface area contributed by atoms with Crippen LogP contribution in [0.1, 0.15) is 37.1 Å². The highest BCUT2D eigenvalue weighted by atomic mass is 32.2. The van der Waals surface area contributed by atoms with Crippen molar-refractivity contribution in [2.75, 3.05) is 0 Å². The van der Waals surface area contributed by atoms with Gasteiger partial charge < -0.3 is 0 Å². The maximum absolute atomic E-state index is 4.14. The first kappa shape index (κ1) is 9.46. The zero-order valence-corrected chi connectivity index (χ0v) is 9.46. The molecule has 0 atom stereocenters. The molecule has 1 fully saturated rings. The molecule has 0 amide bonds. The van der Waals surface area contributed by atoms with Crippen molar-refractivity contribution in [1.82, 2.24) is 10.2 Å². The lowest BCUT2D eigenvalue weighted by molar-refractivity contribution is 0.516. The van der Waals surface area contributed by atoms with Gasteiger partial charge in [0.1, 0.15) is 5.01 Å². The summed E-state index contributed by atoms with van der Waals surface area (Å²) in [4.78, 5) is 0. The number of rotatable bonds is 2. The molecule has 1 heterocycles. The molecule has 2 nitrogen and oxygen atoms in total. The van der Waals surface area contributed by atoms with E-state index < -0.39 is 0 Å². The van der Waals surface area contributed by atoms with E-state index in [0.717, 1.165) is 14.6 Å². The van der Waals surface area contributed by atoms with E-state index in [1.165, 1.54) is 32.1 Å². The predicted molar refractivity (Wildman–Crippen MR) is 57.4 cm³/mol. The first-order chi connectivity index (χ1) is 6.34. The monoisotopic (exact) mass is 214 g/mol. The van der Waals surface area contributed by atoms with E-state index in [1.54, 1.807) is 11.3 Å². The molecule has 0 bridgehead atoms. The second-order valence-corrected chi connectivity index (χ2v) is 6.19. The number of aromatic nitrogens is 2. The van der Waals surface area contributed by atoms with E-state index in [0.29, 0.717) is 0 Å². The summed E-state index contributed by atoms with van der Waals surface area (Å²) in [5, 5.41) is 10.1. The van der Waals surface area contributed by atoms with Crippen LogP contribution in [0.15, 0.2) is 4.34 Å². The highest BCUT2D eigenvalue weighted by Crippen LogP contribution is 2.34. The van der Waals surface area contributed by atoms with Crippen LogP contribution in [0.25, 0.3) is 0 Å². The van der Waals surface area contributed by atoms with Crippen molar-refractivity contribution >= 4 is 23.1 Å². The van der Waals surface area contributed by atoms with Crippen molar-refractivity contribution in [3.05, 3.63) is 5.01 Å². The SMILES string of the molecule is Cc1nnc(SC2CCCCC2)s1. The molecule has 0 aromatic carbocycles. The fraction of sp³-hybridized carbons (Fsp3) is 0.778. The highest BCUT2D eigenvalue weighted by Gasteiger charge is 2.16. The van der Waals surface area contributed by atoms with Crippen LogP contribution >= 0.6 is 23.1 Å². The minimum atomic E-state index is 0.807. The van der Waals surface area contributed by atoms with Gasteiger partial charge in [0.25, 0.3) is 0 Å². The lowest BCUT2D eigenvalue weighted by Crippen LogP contribution is -2.07.